The van der Waals surface area contributed by atoms with Gasteiger partial charge in [0, 0.05) is 24.7 Å². The van der Waals surface area contributed by atoms with E-state index in [0.29, 0.717) is 32.6 Å². The molecule has 2 atom stereocenters. The Bertz CT molecular complexity index is 526. The third-order valence-electron chi connectivity index (χ3n) is 3.57. The van der Waals surface area contributed by atoms with Crippen LogP contribution in [0.3, 0.4) is 0 Å². The zero-order chi connectivity index (χ0) is 20.4. The molecule has 0 spiro atoms. The topological polar surface area (TPSA) is 134 Å². The number of hydrogen-bond acceptors (Lipinski definition) is 8. The maximum Gasteiger partial charge on any atom is 0.325 e. The van der Waals surface area contributed by atoms with E-state index >= 15 is 0 Å². The minimum atomic E-state index is -0.836. The summed E-state index contributed by atoms with van der Waals surface area (Å²) in [6, 6.07) is -1.04. The Kier molecular flexibility index (Phi) is 9.57. The molecule has 0 aromatic carbocycles. The van der Waals surface area contributed by atoms with Crippen LogP contribution in [0.5, 0.6) is 0 Å². The van der Waals surface area contributed by atoms with Gasteiger partial charge >= 0.3 is 5.97 Å². The number of nitrogens with zero attached hydrogens (tertiary/aromatic N) is 1. The summed E-state index contributed by atoms with van der Waals surface area (Å²) in [6.45, 7) is 6.66. The van der Waals surface area contributed by atoms with Crippen molar-refractivity contribution in [2.24, 2.45) is 11.5 Å². The van der Waals surface area contributed by atoms with Crippen LogP contribution in [0, 0.1) is 0 Å². The van der Waals surface area contributed by atoms with E-state index in [2.05, 4.69) is 0 Å². The van der Waals surface area contributed by atoms with Crippen LogP contribution < -0.4 is 11.5 Å². The Hall–Kier alpha value is -1.81. The average molecular weight is 385 g/mol. The average Bonchev–Trinajstić information content (AvgIpc) is 2.88. The lowest BCUT2D eigenvalue weighted by atomic mass is 10.2. The van der Waals surface area contributed by atoms with Crippen molar-refractivity contribution >= 4 is 17.8 Å². The number of nitrogens with two attached hydrogens (primary N) is 2. The van der Waals surface area contributed by atoms with Crippen molar-refractivity contribution in [3.8, 4) is 0 Å². The van der Waals surface area contributed by atoms with E-state index in [1.54, 1.807) is 20.8 Å². The van der Waals surface area contributed by atoms with Gasteiger partial charge in [0.1, 0.15) is 11.6 Å². The second-order valence-electron chi connectivity index (χ2n) is 7.35. The van der Waals surface area contributed by atoms with Gasteiger partial charge in [0.05, 0.1) is 26.4 Å². The summed E-state index contributed by atoms with van der Waals surface area (Å²) in [5, 5.41) is 0. The predicted molar refractivity (Wildman–Crippen MR) is 98.5 cm³/mol. The van der Waals surface area contributed by atoms with Crippen LogP contribution >= 0.6 is 0 Å². The zero-order valence-corrected chi connectivity index (χ0v) is 16.3. The number of carbonyl (C=O) groups excluding carboxylic acids is 3. The molecule has 2 unspecified atom stereocenters. The summed E-state index contributed by atoms with van der Waals surface area (Å²) >= 11 is 0. The van der Waals surface area contributed by atoms with E-state index in [0.717, 1.165) is 0 Å². The van der Waals surface area contributed by atoms with Gasteiger partial charge in [-0.2, -0.15) is 0 Å². The molecule has 1 heterocycles. The highest BCUT2D eigenvalue weighted by Crippen LogP contribution is 2.08. The summed E-state index contributed by atoms with van der Waals surface area (Å²) in [6.07, 6.45) is 3.77. The fourth-order valence-electron chi connectivity index (χ4n) is 2.25. The SMILES string of the molecule is CC(C)(C)OC(=O)C(N)COCCOCC(N)CCCN1C(=O)C=CC1=O. The van der Waals surface area contributed by atoms with E-state index in [1.165, 1.54) is 17.1 Å². The van der Waals surface area contributed by atoms with Gasteiger partial charge < -0.3 is 25.7 Å². The molecule has 4 N–H and O–H groups in total. The molecule has 0 aromatic heterocycles. The second-order valence-corrected chi connectivity index (χ2v) is 7.35. The Morgan fingerprint density at radius 3 is 2.19 bits per heavy atom. The normalized spacial score (nSPS) is 16.7. The van der Waals surface area contributed by atoms with Gasteiger partial charge in [0.15, 0.2) is 0 Å². The highest BCUT2D eigenvalue weighted by Gasteiger charge is 2.23. The number of ether oxygens (including phenoxy) is 3. The molecule has 0 radical (unpaired) electrons. The molecule has 0 aliphatic carbocycles. The molecular weight excluding hydrogens is 354 g/mol. The predicted octanol–water partition coefficient (Wildman–Crippen LogP) is -0.279. The minimum absolute atomic E-state index is 0.0518. The largest absolute Gasteiger partial charge is 0.459 e. The molecule has 0 saturated heterocycles. The number of carbonyl (C=O) groups is 3. The van der Waals surface area contributed by atoms with Crippen molar-refractivity contribution in [3.05, 3.63) is 12.2 Å². The fourth-order valence-corrected chi connectivity index (χ4v) is 2.25. The van der Waals surface area contributed by atoms with Gasteiger partial charge in [-0.25, -0.2) is 0 Å². The van der Waals surface area contributed by atoms with Crippen molar-refractivity contribution in [1.29, 1.82) is 0 Å². The third-order valence-corrected chi connectivity index (χ3v) is 3.57. The standard InChI is InChI=1S/C18H31N3O6/c1-18(2,3)27-17(24)14(20)12-26-10-9-25-11-13(19)5-4-8-21-15(22)6-7-16(21)23/h6-7,13-14H,4-5,8-12,19-20H2,1-3H3. The van der Waals surface area contributed by atoms with Crippen molar-refractivity contribution in [2.45, 2.75) is 51.3 Å². The number of hydrogen-bond donors (Lipinski definition) is 2. The number of rotatable bonds is 12. The summed E-state index contributed by atoms with van der Waals surface area (Å²) in [4.78, 5) is 35.7. The van der Waals surface area contributed by atoms with Crippen LogP contribution in [-0.2, 0) is 28.6 Å². The summed E-state index contributed by atoms with van der Waals surface area (Å²) in [5.74, 6) is -1.08. The van der Waals surface area contributed by atoms with E-state index in [1.807, 2.05) is 0 Å². The quantitative estimate of drug-likeness (QED) is 0.266. The smallest absolute Gasteiger partial charge is 0.325 e. The third kappa shape index (κ3) is 9.62. The Labute approximate surface area is 160 Å². The molecule has 0 aromatic rings. The number of amides is 2. The van der Waals surface area contributed by atoms with Crippen LogP contribution in [0.25, 0.3) is 0 Å². The van der Waals surface area contributed by atoms with Crippen molar-refractivity contribution in [3.63, 3.8) is 0 Å². The van der Waals surface area contributed by atoms with Crippen molar-refractivity contribution in [1.82, 2.24) is 4.90 Å². The van der Waals surface area contributed by atoms with Gasteiger partial charge in [0.2, 0.25) is 0 Å². The molecule has 2 amide bonds. The second kappa shape index (κ2) is 11.1. The molecular formula is C18H31N3O6. The number of esters is 1. The summed E-state index contributed by atoms with van der Waals surface area (Å²) < 4.78 is 15.9. The van der Waals surface area contributed by atoms with Gasteiger partial charge in [-0.1, -0.05) is 0 Å². The Morgan fingerprint density at radius 1 is 1.07 bits per heavy atom. The monoisotopic (exact) mass is 385 g/mol. The first-order chi connectivity index (χ1) is 12.6. The van der Waals surface area contributed by atoms with E-state index in [9.17, 15) is 14.4 Å². The lowest BCUT2D eigenvalue weighted by Crippen LogP contribution is -2.40. The molecule has 1 aliphatic heterocycles. The highest BCUT2D eigenvalue weighted by atomic mass is 16.6. The molecule has 1 rings (SSSR count). The van der Waals surface area contributed by atoms with E-state index in [-0.39, 0.29) is 31.1 Å². The Morgan fingerprint density at radius 2 is 1.63 bits per heavy atom. The molecule has 0 fully saturated rings. The lowest BCUT2D eigenvalue weighted by molar-refractivity contribution is -0.158. The molecule has 9 heteroatoms. The van der Waals surface area contributed by atoms with Gasteiger partial charge in [-0.3, -0.25) is 19.3 Å². The molecule has 0 bridgehead atoms. The van der Waals surface area contributed by atoms with Crippen LogP contribution in [-0.4, -0.2) is 73.3 Å². The summed E-state index contributed by atoms with van der Waals surface area (Å²) in [7, 11) is 0. The maximum absolute atomic E-state index is 11.7. The van der Waals surface area contributed by atoms with Gasteiger partial charge in [0.25, 0.3) is 11.8 Å². The molecule has 0 saturated carbocycles. The van der Waals surface area contributed by atoms with Crippen LogP contribution in [0.1, 0.15) is 33.6 Å². The van der Waals surface area contributed by atoms with Gasteiger partial charge in [-0.05, 0) is 33.6 Å². The molecule has 154 valence electrons. The lowest BCUT2D eigenvalue weighted by Gasteiger charge is -2.22. The fraction of sp³-hybridized carbons (Fsp3) is 0.722. The van der Waals surface area contributed by atoms with Crippen molar-refractivity contribution < 1.29 is 28.6 Å². The minimum Gasteiger partial charge on any atom is -0.459 e. The van der Waals surface area contributed by atoms with E-state index < -0.39 is 17.6 Å². The highest BCUT2D eigenvalue weighted by molar-refractivity contribution is 6.12. The first kappa shape index (κ1) is 23.2. The van der Waals surface area contributed by atoms with Gasteiger partial charge in [-0.15, -0.1) is 0 Å². The molecule has 1 aliphatic rings. The molecule has 27 heavy (non-hydrogen) atoms. The molecule has 9 nitrogen and oxygen atoms in total. The van der Waals surface area contributed by atoms with Crippen LogP contribution in [0.4, 0.5) is 0 Å². The first-order valence-corrected chi connectivity index (χ1v) is 9.03. The maximum atomic E-state index is 11.7. The van der Waals surface area contributed by atoms with Crippen molar-refractivity contribution in [2.75, 3.05) is 33.0 Å². The first-order valence-electron chi connectivity index (χ1n) is 9.03. The number of imide groups is 1. The van der Waals surface area contributed by atoms with Crippen LogP contribution in [0.15, 0.2) is 12.2 Å². The van der Waals surface area contributed by atoms with Crippen LogP contribution in [0.2, 0.25) is 0 Å². The summed E-state index contributed by atoms with van der Waals surface area (Å²) in [5.41, 5.74) is 11.1. The van der Waals surface area contributed by atoms with E-state index in [4.69, 9.17) is 25.7 Å². The Balaban J connectivity index is 2.02. The zero-order valence-electron chi connectivity index (χ0n) is 16.3.